The standard InChI is InChI=1S/C8H13NO3S.ClH/c1-2-12-8(11)9-5-3-4-6(9)7(10)13;/h6H,2-5H2,1H3,(H,10,13);1H/t6-;/m0./s1. The summed E-state index contributed by atoms with van der Waals surface area (Å²) in [4.78, 5) is 23.7. The van der Waals surface area contributed by atoms with Crippen LogP contribution in [0.3, 0.4) is 0 Å². The lowest BCUT2D eigenvalue weighted by atomic mass is 10.2. The van der Waals surface area contributed by atoms with E-state index < -0.39 is 6.09 Å². The largest absolute Gasteiger partial charge is 0.450 e. The molecule has 0 bridgehead atoms. The summed E-state index contributed by atoms with van der Waals surface area (Å²) in [5, 5.41) is -0.259. The van der Waals surface area contributed by atoms with E-state index in [2.05, 4.69) is 12.6 Å². The first-order valence-corrected chi connectivity index (χ1v) is 4.77. The van der Waals surface area contributed by atoms with Gasteiger partial charge in [-0.05, 0) is 19.8 Å². The van der Waals surface area contributed by atoms with Gasteiger partial charge < -0.3 is 4.74 Å². The fraction of sp³-hybridized carbons (Fsp3) is 0.750. The van der Waals surface area contributed by atoms with Crippen molar-refractivity contribution in [3.8, 4) is 0 Å². The molecule has 14 heavy (non-hydrogen) atoms. The van der Waals surface area contributed by atoms with E-state index in [4.69, 9.17) is 4.74 Å². The molecule has 0 aromatic carbocycles. The van der Waals surface area contributed by atoms with Crippen molar-refractivity contribution in [1.82, 2.24) is 4.90 Å². The second-order valence-corrected chi connectivity index (χ2v) is 3.33. The maximum absolute atomic E-state index is 11.3. The van der Waals surface area contributed by atoms with E-state index in [1.807, 2.05) is 0 Å². The number of likely N-dealkylation sites (tertiary alicyclic amines) is 1. The van der Waals surface area contributed by atoms with Crippen molar-refractivity contribution in [2.24, 2.45) is 0 Å². The Morgan fingerprint density at radius 2 is 2.21 bits per heavy atom. The van der Waals surface area contributed by atoms with Gasteiger partial charge in [-0.2, -0.15) is 0 Å². The number of hydrogen-bond acceptors (Lipinski definition) is 3. The molecule has 6 heteroatoms. The molecule has 0 saturated carbocycles. The lowest BCUT2D eigenvalue weighted by Gasteiger charge is -2.20. The van der Waals surface area contributed by atoms with E-state index in [0.717, 1.165) is 6.42 Å². The maximum atomic E-state index is 11.3. The Balaban J connectivity index is 0.00000169. The maximum Gasteiger partial charge on any atom is 0.410 e. The first-order chi connectivity index (χ1) is 6.16. The minimum atomic E-state index is -0.410. The first kappa shape index (κ1) is 13.6. The normalized spacial score (nSPS) is 20.1. The monoisotopic (exact) mass is 239 g/mol. The molecular weight excluding hydrogens is 226 g/mol. The van der Waals surface area contributed by atoms with Crippen LogP contribution in [-0.2, 0) is 9.53 Å². The molecule has 1 rings (SSSR count). The van der Waals surface area contributed by atoms with Crippen molar-refractivity contribution in [1.29, 1.82) is 0 Å². The molecule has 0 aliphatic carbocycles. The summed E-state index contributed by atoms with van der Waals surface area (Å²) in [7, 11) is 0. The van der Waals surface area contributed by atoms with Gasteiger partial charge in [-0.15, -0.1) is 25.0 Å². The Bertz CT molecular complexity index is 225. The van der Waals surface area contributed by atoms with E-state index in [9.17, 15) is 9.59 Å². The van der Waals surface area contributed by atoms with Gasteiger partial charge in [0.2, 0.25) is 5.12 Å². The minimum Gasteiger partial charge on any atom is -0.450 e. The molecule has 1 aliphatic rings. The zero-order valence-corrected chi connectivity index (χ0v) is 9.64. The highest BCUT2D eigenvalue weighted by Gasteiger charge is 2.33. The fourth-order valence-electron chi connectivity index (χ4n) is 1.45. The van der Waals surface area contributed by atoms with Crippen LogP contribution in [0.25, 0.3) is 0 Å². The van der Waals surface area contributed by atoms with E-state index in [1.54, 1.807) is 6.92 Å². The molecule has 0 radical (unpaired) electrons. The summed E-state index contributed by atoms with van der Waals surface area (Å²) in [6.45, 7) is 2.67. The van der Waals surface area contributed by atoms with Gasteiger partial charge in [0.05, 0.1) is 6.61 Å². The predicted octanol–water partition coefficient (Wildman–Crippen LogP) is 1.49. The molecule has 0 N–H and O–H groups in total. The molecule has 0 unspecified atom stereocenters. The van der Waals surface area contributed by atoms with Crippen molar-refractivity contribution in [3.05, 3.63) is 0 Å². The number of thiol groups is 1. The number of ether oxygens (including phenoxy) is 1. The third-order valence-electron chi connectivity index (χ3n) is 2.04. The molecule has 4 nitrogen and oxygen atoms in total. The molecule has 0 spiro atoms. The number of carbonyl (C=O) groups excluding carboxylic acids is 2. The Labute approximate surface area is 94.8 Å². The SMILES string of the molecule is CCOC(=O)N1CCC[C@H]1C(=O)S.Cl. The number of nitrogens with zero attached hydrogens (tertiary/aromatic N) is 1. The molecule has 0 aromatic heterocycles. The van der Waals surface area contributed by atoms with Crippen LogP contribution in [0.5, 0.6) is 0 Å². The van der Waals surface area contributed by atoms with Gasteiger partial charge in [0.1, 0.15) is 6.04 Å². The number of amides is 1. The van der Waals surface area contributed by atoms with Crippen LogP contribution in [0.4, 0.5) is 4.79 Å². The Morgan fingerprint density at radius 3 is 2.71 bits per heavy atom. The van der Waals surface area contributed by atoms with Gasteiger partial charge in [0.15, 0.2) is 0 Å². The fourth-order valence-corrected chi connectivity index (χ4v) is 1.72. The van der Waals surface area contributed by atoms with E-state index in [0.29, 0.717) is 19.6 Å². The van der Waals surface area contributed by atoms with Crippen molar-refractivity contribution < 1.29 is 14.3 Å². The van der Waals surface area contributed by atoms with Gasteiger partial charge >= 0.3 is 6.09 Å². The molecule has 1 amide bonds. The van der Waals surface area contributed by atoms with Crippen LogP contribution in [0.2, 0.25) is 0 Å². The van der Waals surface area contributed by atoms with Crippen LogP contribution in [0.1, 0.15) is 19.8 Å². The number of rotatable bonds is 2. The molecule has 1 saturated heterocycles. The molecule has 0 aromatic rings. The van der Waals surface area contributed by atoms with Crippen molar-refractivity contribution in [2.75, 3.05) is 13.2 Å². The highest BCUT2D eigenvalue weighted by molar-refractivity contribution is 7.96. The Kier molecular flexibility index (Phi) is 5.95. The summed E-state index contributed by atoms with van der Waals surface area (Å²) in [6.07, 6.45) is 1.13. The molecule has 82 valence electrons. The van der Waals surface area contributed by atoms with Crippen LogP contribution in [0, 0.1) is 0 Å². The van der Waals surface area contributed by atoms with Gasteiger partial charge in [-0.25, -0.2) is 4.79 Å². The van der Waals surface area contributed by atoms with E-state index >= 15 is 0 Å². The second-order valence-electron chi connectivity index (χ2n) is 2.89. The van der Waals surface area contributed by atoms with Crippen molar-refractivity contribution >= 4 is 36.2 Å². The average molecular weight is 240 g/mol. The predicted molar refractivity (Wildman–Crippen MR) is 58.0 cm³/mol. The number of hydrogen-bond donors (Lipinski definition) is 1. The van der Waals surface area contributed by atoms with Gasteiger partial charge in [0, 0.05) is 6.54 Å². The molecule has 1 fully saturated rings. The van der Waals surface area contributed by atoms with Crippen LogP contribution in [-0.4, -0.2) is 35.3 Å². The van der Waals surface area contributed by atoms with E-state index in [-0.39, 0.29) is 23.6 Å². The van der Waals surface area contributed by atoms with Crippen LogP contribution >= 0.6 is 25.0 Å². The summed E-state index contributed by atoms with van der Waals surface area (Å²) < 4.78 is 4.81. The number of halogens is 1. The summed E-state index contributed by atoms with van der Waals surface area (Å²) >= 11 is 3.73. The van der Waals surface area contributed by atoms with Crippen LogP contribution in [0.15, 0.2) is 0 Å². The topological polar surface area (TPSA) is 46.6 Å². The number of carbonyl (C=O) groups is 2. The highest BCUT2D eigenvalue weighted by Crippen LogP contribution is 2.19. The zero-order chi connectivity index (χ0) is 9.84. The quantitative estimate of drug-likeness (QED) is 0.743. The third kappa shape index (κ3) is 3.06. The van der Waals surface area contributed by atoms with Crippen molar-refractivity contribution in [3.63, 3.8) is 0 Å². The summed E-state index contributed by atoms with van der Waals surface area (Å²) in [5.74, 6) is 0. The second kappa shape index (κ2) is 6.14. The Hall–Kier alpha value is -0.420. The van der Waals surface area contributed by atoms with Crippen molar-refractivity contribution in [2.45, 2.75) is 25.8 Å². The lowest BCUT2D eigenvalue weighted by molar-refractivity contribution is -0.114. The highest BCUT2D eigenvalue weighted by atomic mass is 35.5. The molecule has 1 aliphatic heterocycles. The summed E-state index contributed by atoms with van der Waals surface area (Å²) in [6, 6.07) is -0.387. The van der Waals surface area contributed by atoms with Gasteiger partial charge in [0.25, 0.3) is 0 Å². The van der Waals surface area contributed by atoms with Crippen LogP contribution < -0.4 is 0 Å². The van der Waals surface area contributed by atoms with Gasteiger partial charge in [-0.1, -0.05) is 0 Å². The third-order valence-corrected chi connectivity index (χ3v) is 2.34. The summed E-state index contributed by atoms with van der Waals surface area (Å²) in [5.41, 5.74) is 0. The molecular formula is C8H14ClNO3S. The smallest absolute Gasteiger partial charge is 0.410 e. The first-order valence-electron chi connectivity index (χ1n) is 4.33. The average Bonchev–Trinajstić information content (AvgIpc) is 2.52. The lowest BCUT2D eigenvalue weighted by Crippen LogP contribution is -2.39. The van der Waals surface area contributed by atoms with Gasteiger partial charge in [-0.3, -0.25) is 9.69 Å². The molecule has 1 atom stereocenters. The molecule has 1 heterocycles. The zero-order valence-electron chi connectivity index (χ0n) is 7.93. The minimum absolute atomic E-state index is 0. The van der Waals surface area contributed by atoms with E-state index in [1.165, 1.54) is 4.90 Å². The Morgan fingerprint density at radius 1 is 1.57 bits per heavy atom.